The Balaban J connectivity index is 2.01. The van der Waals surface area contributed by atoms with Crippen molar-refractivity contribution in [3.63, 3.8) is 0 Å². The molecule has 1 aliphatic rings. The van der Waals surface area contributed by atoms with Crippen LogP contribution in [0.15, 0.2) is 6.07 Å². The first kappa shape index (κ1) is 14.1. The van der Waals surface area contributed by atoms with Crippen LogP contribution in [0.25, 0.3) is 0 Å². The van der Waals surface area contributed by atoms with E-state index in [0.717, 1.165) is 43.5 Å². The monoisotopic (exact) mass is 263 g/mol. The summed E-state index contributed by atoms with van der Waals surface area (Å²) in [4.78, 5) is 9.10. The van der Waals surface area contributed by atoms with Crippen LogP contribution in [0.1, 0.15) is 58.2 Å². The van der Waals surface area contributed by atoms with Gasteiger partial charge in [0.1, 0.15) is 11.6 Å². The lowest BCUT2D eigenvalue weighted by atomic mass is 10.1. The van der Waals surface area contributed by atoms with Gasteiger partial charge in [-0.05, 0) is 31.6 Å². The molecule has 4 nitrogen and oxygen atoms in total. The third-order valence-corrected chi connectivity index (χ3v) is 3.16. The lowest BCUT2D eigenvalue weighted by Gasteiger charge is -2.11. The zero-order valence-corrected chi connectivity index (χ0v) is 12.3. The SMILES string of the molecule is CCCNc1cc(OCCC(C)C)nc(C2CC2)n1. The van der Waals surface area contributed by atoms with Gasteiger partial charge < -0.3 is 10.1 Å². The molecule has 0 saturated heterocycles. The van der Waals surface area contributed by atoms with Crippen LogP contribution in [-0.4, -0.2) is 23.1 Å². The Morgan fingerprint density at radius 1 is 1.37 bits per heavy atom. The van der Waals surface area contributed by atoms with Gasteiger partial charge in [0.25, 0.3) is 0 Å². The summed E-state index contributed by atoms with van der Waals surface area (Å²) in [6.07, 6.45) is 4.57. The Kier molecular flexibility index (Phi) is 5.00. The van der Waals surface area contributed by atoms with Crippen molar-refractivity contribution in [1.29, 1.82) is 0 Å². The third-order valence-electron chi connectivity index (χ3n) is 3.16. The van der Waals surface area contributed by atoms with Crippen molar-refractivity contribution in [3.05, 3.63) is 11.9 Å². The van der Waals surface area contributed by atoms with Gasteiger partial charge in [-0.3, -0.25) is 0 Å². The Morgan fingerprint density at radius 2 is 2.16 bits per heavy atom. The second kappa shape index (κ2) is 6.73. The Hall–Kier alpha value is -1.32. The zero-order chi connectivity index (χ0) is 13.7. The maximum Gasteiger partial charge on any atom is 0.218 e. The van der Waals surface area contributed by atoms with E-state index >= 15 is 0 Å². The van der Waals surface area contributed by atoms with E-state index in [4.69, 9.17) is 4.74 Å². The van der Waals surface area contributed by atoms with E-state index in [1.54, 1.807) is 0 Å². The molecule has 0 aliphatic heterocycles. The topological polar surface area (TPSA) is 47.0 Å². The van der Waals surface area contributed by atoms with Crippen LogP contribution in [0.2, 0.25) is 0 Å². The zero-order valence-electron chi connectivity index (χ0n) is 12.3. The molecule has 0 aromatic carbocycles. The van der Waals surface area contributed by atoms with E-state index in [-0.39, 0.29) is 0 Å². The molecule has 106 valence electrons. The van der Waals surface area contributed by atoms with E-state index in [0.29, 0.717) is 11.8 Å². The van der Waals surface area contributed by atoms with E-state index in [2.05, 4.69) is 36.1 Å². The number of rotatable bonds is 8. The molecular weight excluding hydrogens is 238 g/mol. The summed E-state index contributed by atoms with van der Waals surface area (Å²) in [6, 6.07) is 1.92. The first-order chi connectivity index (χ1) is 9.19. The third kappa shape index (κ3) is 4.69. The van der Waals surface area contributed by atoms with Crippen molar-refractivity contribution in [1.82, 2.24) is 9.97 Å². The van der Waals surface area contributed by atoms with Gasteiger partial charge in [0.2, 0.25) is 5.88 Å². The molecule has 19 heavy (non-hydrogen) atoms. The minimum Gasteiger partial charge on any atom is -0.478 e. The van der Waals surface area contributed by atoms with Crippen LogP contribution in [-0.2, 0) is 0 Å². The molecule has 0 unspecified atom stereocenters. The summed E-state index contributed by atoms with van der Waals surface area (Å²) < 4.78 is 5.76. The van der Waals surface area contributed by atoms with E-state index in [1.807, 2.05) is 6.07 Å². The highest BCUT2D eigenvalue weighted by atomic mass is 16.5. The molecule has 0 bridgehead atoms. The molecule has 4 heteroatoms. The highest BCUT2D eigenvalue weighted by Gasteiger charge is 2.27. The minimum absolute atomic E-state index is 0.552. The summed E-state index contributed by atoms with van der Waals surface area (Å²) >= 11 is 0. The quantitative estimate of drug-likeness (QED) is 0.778. The second-order valence-electron chi connectivity index (χ2n) is 5.68. The number of aromatic nitrogens is 2. The lowest BCUT2D eigenvalue weighted by molar-refractivity contribution is 0.278. The molecule has 1 aliphatic carbocycles. The number of nitrogens with zero attached hydrogens (tertiary/aromatic N) is 2. The number of nitrogens with one attached hydrogen (secondary N) is 1. The summed E-state index contributed by atoms with van der Waals surface area (Å²) in [5.74, 6) is 3.77. The minimum atomic E-state index is 0.552. The van der Waals surface area contributed by atoms with Crippen LogP contribution >= 0.6 is 0 Å². The Morgan fingerprint density at radius 3 is 2.79 bits per heavy atom. The van der Waals surface area contributed by atoms with Crippen molar-refractivity contribution >= 4 is 5.82 Å². The highest BCUT2D eigenvalue weighted by molar-refractivity contribution is 5.39. The van der Waals surface area contributed by atoms with Gasteiger partial charge in [-0.15, -0.1) is 0 Å². The summed E-state index contributed by atoms with van der Waals surface area (Å²) in [6.45, 7) is 8.22. The molecule has 0 amide bonds. The van der Waals surface area contributed by atoms with Gasteiger partial charge >= 0.3 is 0 Å². The Bertz CT molecular complexity index is 402. The fourth-order valence-corrected chi connectivity index (χ4v) is 1.78. The van der Waals surface area contributed by atoms with Crippen LogP contribution < -0.4 is 10.1 Å². The maximum atomic E-state index is 5.76. The molecule has 1 fully saturated rings. The van der Waals surface area contributed by atoms with Crippen molar-refractivity contribution in [3.8, 4) is 5.88 Å². The van der Waals surface area contributed by atoms with Crippen molar-refractivity contribution in [2.24, 2.45) is 5.92 Å². The Labute approximate surface area is 116 Å². The van der Waals surface area contributed by atoms with Gasteiger partial charge in [-0.1, -0.05) is 20.8 Å². The lowest BCUT2D eigenvalue weighted by Crippen LogP contribution is -2.08. The largest absolute Gasteiger partial charge is 0.478 e. The predicted molar refractivity (Wildman–Crippen MR) is 77.7 cm³/mol. The highest BCUT2D eigenvalue weighted by Crippen LogP contribution is 2.39. The van der Waals surface area contributed by atoms with Gasteiger partial charge in [0.15, 0.2) is 0 Å². The van der Waals surface area contributed by atoms with Crippen molar-refractivity contribution in [2.45, 2.75) is 52.4 Å². The van der Waals surface area contributed by atoms with Crippen LogP contribution in [0.4, 0.5) is 5.82 Å². The van der Waals surface area contributed by atoms with Gasteiger partial charge in [0, 0.05) is 18.5 Å². The van der Waals surface area contributed by atoms with Crippen molar-refractivity contribution in [2.75, 3.05) is 18.5 Å². The average molecular weight is 263 g/mol. The molecule has 1 aromatic heterocycles. The van der Waals surface area contributed by atoms with E-state index in [9.17, 15) is 0 Å². The molecule has 1 heterocycles. The number of hydrogen-bond acceptors (Lipinski definition) is 4. The number of hydrogen-bond donors (Lipinski definition) is 1. The molecule has 1 saturated carbocycles. The van der Waals surface area contributed by atoms with Gasteiger partial charge in [0.05, 0.1) is 6.61 Å². The molecule has 0 spiro atoms. The fraction of sp³-hybridized carbons (Fsp3) is 0.733. The molecule has 1 N–H and O–H groups in total. The predicted octanol–water partition coefficient (Wildman–Crippen LogP) is 3.60. The standard InChI is InChI=1S/C15H25N3O/c1-4-8-16-13-10-14(19-9-7-11(2)3)18-15(17-13)12-5-6-12/h10-12H,4-9H2,1-3H3,(H,16,17,18). The van der Waals surface area contributed by atoms with Crippen LogP contribution in [0, 0.1) is 5.92 Å². The van der Waals surface area contributed by atoms with E-state index in [1.165, 1.54) is 12.8 Å². The molecule has 0 radical (unpaired) electrons. The summed E-state index contributed by atoms with van der Waals surface area (Å²) in [5.41, 5.74) is 0. The maximum absolute atomic E-state index is 5.76. The van der Waals surface area contributed by atoms with Crippen LogP contribution in [0.3, 0.4) is 0 Å². The van der Waals surface area contributed by atoms with E-state index < -0.39 is 0 Å². The average Bonchev–Trinajstić information content (AvgIpc) is 3.20. The summed E-state index contributed by atoms with van der Waals surface area (Å²) in [5, 5.41) is 3.33. The molecule has 1 aromatic rings. The second-order valence-corrected chi connectivity index (χ2v) is 5.68. The molecule has 2 rings (SSSR count). The number of ether oxygens (including phenoxy) is 1. The van der Waals surface area contributed by atoms with Gasteiger partial charge in [-0.25, -0.2) is 4.98 Å². The van der Waals surface area contributed by atoms with Crippen molar-refractivity contribution < 1.29 is 4.74 Å². The number of anilines is 1. The smallest absolute Gasteiger partial charge is 0.218 e. The summed E-state index contributed by atoms with van der Waals surface area (Å²) in [7, 11) is 0. The first-order valence-corrected chi connectivity index (χ1v) is 7.44. The fourth-order valence-electron chi connectivity index (χ4n) is 1.78. The molecular formula is C15H25N3O. The van der Waals surface area contributed by atoms with Crippen LogP contribution in [0.5, 0.6) is 5.88 Å². The normalized spacial score (nSPS) is 14.7. The van der Waals surface area contributed by atoms with Gasteiger partial charge in [-0.2, -0.15) is 4.98 Å². The first-order valence-electron chi connectivity index (χ1n) is 7.44. The molecule has 0 atom stereocenters.